The highest BCUT2D eigenvalue weighted by Gasteiger charge is 2.25. The largest absolute Gasteiger partial charge is 0.481 e. The quantitative estimate of drug-likeness (QED) is 0.675. The molecule has 1 saturated heterocycles. The summed E-state index contributed by atoms with van der Waals surface area (Å²) in [6.45, 7) is 5.08. The molecule has 1 aromatic carbocycles. The molecule has 0 saturated carbocycles. The molecule has 26 heavy (non-hydrogen) atoms. The lowest BCUT2D eigenvalue weighted by molar-refractivity contribution is -0.00834. The van der Waals surface area contributed by atoms with E-state index in [0.717, 1.165) is 24.6 Å². The van der Waals surface area contributed by atoms with Gasteiger partial charge in [0.2, 0.25) is 5.88 Å². The molecule has 0 radical (unpaired) electrons. The number of methoxy groups -OCH3 is 1. The smallest absolute Gasteiger partial charge is 0.212 e. The number of nitrogens with one attached hydrogen (secondary N) is 1. The van der Waals surface area contributed by atoms with Crippen LogP contribution in [0.4, 0.5) is 0 Å². The molecule has 1 atom stereocenters. The number of nitrogens with zero attached hydrogens (tertiary/aromatic N) is 3. The molecule has 0 aliphatic carbocycles. The summed E-state index contributed by atoms with van der Waals surface area (Å²) in [7, 11) is 3.43. The minimum absolute atomic E-state index is 0.0613. The van der Waals surface area contributed by atoms with Crippen LogP contribution in [0.1, 0.15) is 22.8 Å². The van der Waals surface area contributed by atoms with E-state index in [1.54, 1.807) is 7.11 Å². The lowest BCUT2D eigenvalue weighted by Crippen LogP contribution is -2.48. The van der Waals surface area contributed by atoms with Gasteiger partial charge in [0, 0.05) is 32.4 Å². The Labute approximate surface area is 154 Å². The highest BCUT2D eigenvalue weighted by molar-refractivity contribution is 5.80. The Morgan fingerprint density at radius 2 is 2.19 bits per heavy atom. The standard InChI is InChI=1S/C20H26N4O2/c1-15-6-4-5-7-17(15)18-14-24(10-11-26-18)20(21-2)23-13-16-8-9-19(25-3)22-12-16/h4-9,12,18H,10-11,13-14H2,1-3H3,(H,21,23). The molecule has 138 valence electrons. The van der Waals surface area contributed by atoms with Crippen molar-refractivity contribution in [2.45, 2.75) is 19.6 Å². The van der Waals surface area contributed by atoms with Crippen molar-refractivity contribution in [2.75, 3.05) is 33.9 Å². The van der Waals surface area contributed by atoms with Gasteiger partial charge in [-0.3, -0.25) is 4.99 Å². The number of guanidine groups is 1. The zero-order chi connectivity index (χ0) is 18.4. The summed E-state index contributed by atoms with van der Waals surface area (Å²) in [4.78, 5) is 10.9. The number of pyridine rings is 1. The topological polar surface area (TPSA) is 59.0 Å². The van der Waals surface area contributed by atoms with Crippen LogP contribution in [0.3, 0.4) is 0 Å². The molecule has 0 bridgehead atoms. The van der Waals surface area contributed by atoms with Gasteiger partial charge in [-0.1, -0.05) is 30.3 Å². The van der Waals surface area contributed by atoms with Crippen LogP contribution in [-0.2, 0) is 11.3 Å². The molecule has 6 heteroatoms. The van der Waals surface area contributed by atoms with Crippen LogP contribution < -0.4 is 10.1 Å². The van der Waals surface area contributed by atoms with E-state index < -0.39 is 0 Å². The molecule has 1 N–H and O–H groups in total. The molecular weight excluding hydrogens is 328 g/mol. The van der Waals surface area contributed by atoms with E-state index in [9.17, 15) is 0 Å². The maximum Gasteiger partial charge on any atom is 0.212 e. The summed E-state index contributed by atoms with van der Waals surface area (Å²) >= 11 is 0. The van der Waals surface area contributed by atoms with Crippen molar-refractivity contribution in [1.82, 2.24) is 15.2 Å². The Hall–Kier alpha value is -2.60. The predicted octanol–water partition coefficient (Wildman–Crippen LogP) is 2.55. The number of hydrogen-bond donors (Lipinski definition) is 1. The van der Waals surface area contributed by atoms with Crippen LogP contribution >= 0.6 is 0 Å². The Morgan fingerprint density at radius 3 is 2.88 bits per heavy atom. The average molecular weight is 354 g/mol. The van der Waals surface area contributed by atoms with Crippen LogP contribution in [0.25, 0.3) is 0 Å². The van der Waals surface area contributed by atoms with Gasteiger partial charge in [0.1, 0.15) is 6.10 Å². The molecule has 1 fully saturated rings. The molecule has 0 amide bonds. The second kappa shape index (κ2) is 8.67. The van der Waals surface area contributed by atoms with Crippen molar-refractivity contribution in [3.05, 3.63) is 59.3 Å². The Morgan fingerprint density at radius 1 is 1.35 bits per heavy atom. The highest BCUT2D eigenvalue weighted by atomic mass is 16.5. The molecule has 2 heterocycles. The number of ether oxygens (including phenoxy) is 2. The zero-order valence-electron chi connectivity index (χ0n) is 15.6. The Bertz CT molecular complexity index is 746. The fourth-order valence-electron chi connectivity index (χ4n) is 3.13. The molecule has 6 nitrogen and oxygen atoms in total. The number of rotatable bonds is 4. The molecule has 2 aromatic rings. The normalized spacial score (nSPS) is 17.9. The Kier molecular flexibility index (Phi) is 6.07. The lowest BCUT2D eigenvalue weighted by atomic mass is 10.0. The SMILES string of the molecule is CN=C(NCc1ccc(OC)nc1)N1CCOC(c2ccccc2C)C1. The number of morpholine rings is 1. The van der Waals surface area contributed by atoms with Crippen molar-refractivity contribution >= 4 is 5.96 Å². The number of benzene rings is 1. The second-order valence-corrected chi connectivity index (χ2v) is 6.27. The fourth-order valence-corrected chi connectivity index (χ4v) is 3.13. The molecule has 1 aliphatic heterocycles. The first-order valence-electron chi connectivity index (χ1n) is 8.83. The number of aromatic nitrogens is 1. The van der Waals surface area contributed by atoms with Gasteiger partial charge in [0.15, 0.2) is 5.96 Å². The molecule has 1 aromatic heterocycles. The van der Waals surface area contributed by atoms with Crippen LogP contribution in [0.2, 0.25) is 0 Å². The summed E-state index contributed by atoms with van der Waals surface area (Å²) in [5.41, 5.74) is 3.58. The van der Waals surface area contributed by atoms with Crippen LogP contribution in [0.5, 0.6) is 5.88 Å². The molecule has 1 unspecified atom stereocenters. The maximum atomic E-state index is 6.01. The van der Waals surface area contributed by atoms with E-state index in [2.05, 4.69) is 51.4 Å². The van der Waals surface area contributed by atoms with Gasteiger partial charge in [-0.25, -0.2) is 4.98 Å². The first kappa shape index (κ1) is 18.2. The minimum atomic E-state index is 0.0613. The third kappa shape index (κ3) is 4.32. The van der Waals surface area contributed by atoms with Gasteiger partial charge in [0.25, 0.3) is 0 Å². The maximum absolute atomic E-state index is 6.01. The van der Waals surface area contributed by atoms with E-state index >= 15 is 0 Å². The lowest BCUT2D eigenvalue weighted by Gasteiger charge is -2.35. The van der Waals surface area contributed by atoms with Crippen molar-refractivity contribution in [3.63, 3.8) is 0 Å². The van der Waals surface area contributed by atoms with Crippen molar-refractivity contribution in [3.8, 4) is 5.88 Å². The Balaban J connectivity index is 1.63. The second-order valence-electron chi connectivity index (χ2n) is 6.27. The van der Waals surface area contributed by atoms with Gasteiger partial charge >= 0.3 is 0 Å². The molecule has 3 rings (SSSR count). The van der Waals surface area contributed by atoms with Gasteiger partial charge in [0.05, 0.1) is 20.3 Å². The molecule has 0 spiro atoms. The minimum Gasteiger partial charge on any atom is -0.481 e. The van der Waals surface area contributed by atoms with Crippen molar-refractivity contribution in [1.29, 1.82) is 0 Å². The van der Waals surface area contributed by atoms with Gasteiger partial charge in [-0.2, -0.15) is 0 Å². The first-order valence-corrected chi connectivity index (χ1v) is 8.83. The third-order valence-corrected chi connectivity index (χ3v) is 4.57. The van der Waals surface area contributed by atoms with E-state index in [1.807, 2.05) is 25.4 Å². The van der Waals surface area contributed by atoms with Crippen LogP contribution in [-0.4, -0.2) is 49.7 Å². The van der Waals surface area contributed by atoms with Crippen molar-refractivity contribution in [2.24, 2.45) is 4.99 Å². The highest BCUT2D eigenvalue weighted by Crippen LogP contribution is 2.25. The van der Waals surface area contributed by atoms with E-state index in [4.69, 9.17) is 9.47 Å². The number of hydrogen-bond acceptors (Lipinski definition) is 4. The van der Waals surface area contributed by atoms with Gasteiger partial charge < -0.3 is 19.7 Å². The van der Waals surface area contributed by atoms with Gasteiger partial charge in [-0.15, -0.1) is 0 Å². The van der Waals surface area contributed by atoms with Gasteiger partial charge in [-0.05, 0) is 23.6 Å². The van der Waals surface area contributed by atoms with E-state index in [-0.39, 0.29) is 6.10 Å². The monoisotopic (exact) mass is 354 g/mol. The zero-order valence-corrected chi connectivity index (χ0v) is 15.6. The summed E-state index contributed by atoms with van der Waals surface area (Å²) in [5.74, 6) is 1.50. The fraction of sp³-hybridized carbons (Fsp3) is 0.400. The summed E-state index contributed by atoms with van der Waals surface area (Å²) in [6, 6.07) is 12.3. The van der Waals surface area contributed by atoms with E-state index in [0.29, 0.717) is 19.0 Å². The number of aliphatic imine (C=N–C) groups is 1. The van der Waals surface area contributed by atoms with E-state index in [1.165, 1.54) is 11.1 Å². The summed E-state index contributed by atoms with van der Waals surface area (Å²) < 4.78 is 11.1. The summed E-state index contributed by atoms with van der Waals surface area (Å²) in [5, 5.41) is 3.42. The predicted molar refractivity (Wildman–Crippen MR) is 102 cm³/mol. The van der Waals surface area contributed by atoms with Crippen molar-refractivity contribution < 1.29 is 9.47 Å². The summed E-state index contributed by atoms with van der Waals surface area (Å²) in [6.07, 6.45) is 1.88. The average Bonchev–Trinajstić information content (AvgIpc) is 2.69. The molecule has 1 aliphatic rings. The first-order chi connectivity index (χ1) is 12.7. The number of aryl methyl sites for hydroxylation is 1. The van der Waals surface area contributed by atoms with Crippen LogP contribution in [0.15, 0.2) is 47.6 Å². The third-order valence-electron chi connectivity index (χ3n) is 4.57. The van der Waals surface area contributed by atoms with Crippen LogP contribution in [0, 0.1) is 6.92 Å². The molecular formula is C20H26N4O2.